The van der Waals surface area contributed by atoms with Crippen molar-refractivity contribution in [1.82, 2.24) is 14.6 Å². The van der Waals surface area contributed by atoms with Crippen molar-refractivity contribution in [2.24, 2.45) is 0 Å². The normalized spacial score (nSPS) is 11.5. The molecule has 0 radical (unpaired) electrons. The Morgan fingerprint density at radius 3 is 2.44 bits per heavy atom. The number of benzene rings is 3. The Kier molecular flexibility index (Phi) is 7.05. The molecule has 1 N–H and O–H groups in total. The quantitative estimate of drug-likeness (QED) is 0.126. The molecule has 0 saturated carbocycles. The SMILES string of the molecule is Cc1cc(Cl)ccc1Oc1cc(NC(=O)c2cc3nc(-c4ccc(F)cc4)cc(C(F)(F)F)n3n2)cc([N+](=O)[O-])c1. The van der Waals surface area contributed by atoms with Gasteiger partial charge in [0.15, 0.2) is 17.0 Å². The highest BCUT2D eigenvalue weighted by Crippen LogP contribution is 2.34. The van der Waals surface area contributed by atoms with Crippen LogP contribution < -0.4 is 10.1 Å². The maximum absolute atomic E-state index is 13.9. The van der Waals surface area contributed by atoms with Crippen molar-refractivity contribution in [2.45, 2.75) is 13.1 Å². The molecule has 5 rings (SSSR count). The molecule has 0 saturated heterocycles. The second kappa shape index (κ2) is 10.5. The summed E-state index contributed by atoms with van der Waals surface area (Å²) in [5.74, 6) is -1.16. The average Bonchev–Trinajstić information content (AvgIpc) is 3.34. The number of nitro groups is 1. The fourth-order valence-electron chi connectivity index (χ4n) is 3.93. The lowest BCUT2D eigenvalue weighted by Gasteiger charge is -2.11. The number of hydrogen-bond donors (Lipinski definition) is 1. The number of ether oxygens (including phenoxy) is 1. The Morgan fingerprint density at radius 2 is 1.78 bits per heavy atom. The smallest absolute Gasteiger partial charge is 0.433 e. The fraction of sp³-hybridized carbons (Fsp3) is 0.0741. The molecule has 0 bridgehead atoms. The van der Waals surface area contributed by atoms with E-state index in [2.05, 4.69) is 15.4 Å². The van der Waals surface area contributed by atoms with Gasteiger partial charge < -0.3 is 10.1 Å². The van der Waals surface area contributed by atoms with Crippen LogP contribution in [0.4, 0.5) is 28.9 Å². The van der Waals surface area contributed by atoms with Gasteiger partial charge >= 0.3 is 6.18 Å². The maximum atomic E-state index is 13.9. The van der Waals surface area contributed by atoms with E-state index in [1.165, 1.54) is 18.2 Å². The summed E-state index contributed by atoms with van der Waals surface area (Å²) in [5, 5.41) is 18.2. The van der Waals surface area contributed by atoms with E-state index in [1.807, 2.05) is 0 Å². The number of carbonyl (C=O) groups is 1. The summed E-state index contributed by atoms with van der Waals surface area (Å²) in [6.45, 7) is 1.72. The number of amides is 1. The van der Waals surface area contributed by atoms with Crippen molar-refractivity contribution < 1.29 is 32.0 Å². The number of fused-ring (bicyclic) bond motifs is 1. The number of anilines is 1. The third kappa shape index (κ3) is 5.94. The van der Waals surface area contributed by atoms with E-state index in [4.69, 9.17) is 16.3 Å². The predicted octanol–water partition coefficient (Wildman–Crippen LogP) is 7.47. The minimum absolute atomic E-state index is 0.0138. The summed E-state index contributed by atoms with van der Waals surface area (Å²) in [6.07, 6.45) is -4.87. The lowest BCUT2D eigenvalue weighted by molar-refractivity contribution is -0.384. The molecule has 5 aromatic rings. The van der Waals surface area contributed by atoms with Crippen molar-refractivity contribution in [3.63, 3.8) is 0 Å². The second-order valence-electron chi connectivity index (χ2n) is 8.77. The van der Waals surface area contributed by atoms with Gasteiger partial charge in [0.25, 0.3) is 11.6 Å². The van der Waals surface area contributed by atoms with Gasteiger partial charge in [-0.3, -0.25) is 14.9 Å². The summed E-state index contributed by atoms with van der Waals surface area (Å²) in [6, 6.07) is 14.7. The highest BCUT2D eigenvalue weighted by Gasteiger charge is 2.35. The van der Waals surface area contributed by atoms with Crippen LogP contribution in [0.1, 0.15) is 21.7 Å². The molecular formula is C27H16ClF4N5O4. The topological polar surface area (TPSA) is 112 Å². The summed E-state index contributed by atoms with van der Waals surface area (Å²) in [4.78, 5) is 28.0. The zero-order valence-corrected chi connectivity index (χ0v) is 21.5. The standard InChI is InChI=1S/C27H16ClF4N5O4/c1-14-8-16(28)4-7-23(14)41-20-10-18(9-19(11-20)37(39)40)33-26(38)22-13-25-34-21(15-2-5-17(29)6-3-15)12-24(27(30,31)32)36(25)35-22/h2-13H,1H3,(H,33,38). The number of aromatic nitrogens is 3. The van der Waals surface area contributed by atoms with Crippen LogP contribution in [-0.2, 0) is 6.18 Å². The second-order valence-corrected chi connectivity index (χ2v) is 9.21. The van der Waals surface area contributed by atoms with Crippen LogP contribution in [0.15, 0.2) is 72.8 Å². The molecule has 2 heterocycles. The molecule has 0 unspecified atom stereocenters. The van der Waals surface area contributed by atoms with Gasteiger partial charge in [0, 0.05) is 28.8 Å². The molecule has 3 aromatic carbocycles. The molecule has 1 amide bonds. The zero-order valence-electron chi connectivity index (χ0n) is 20.7. The third-order valence-electron chi connectivity index (χ3n) is 5.82. The van der Waals surface area contributed by atoms with Crippen molar-refractivity contribution in [3.05, 3.63) is 111 Å². The molecule has 0 aliphatic heterocycles. The van der Waals surface area contributed by atoms with E-state index in [1.54, 1.807) is 25.1 Å². The van der Waals surface area contributed by atoms with Gasteiger partial charge in [0.1, 0.15) is 17.3 Å². The number of halogens is 5. The number of rotatable bonds is 6. The van der Waals surface area contributed by atoms with E-state index in [-0.39, 0.29) is 28.3 Å². The number of hydrogen-bond acceptors (Lipinski definition) is 6. The molecule has 0 atom stereocenters. The fourth-order valence-corrected chi connectivity index (χ4v) is 4.15. The van der Waals surface area contributed by atoms with Gasteiger partial charge in [-0.15, -0.1) is 0 Å². The van der Waals surface area contributed by atoms with E-state index in [9.17, 15) is 32.5 Å². The largest absolute Gasteiger partial charge is 0.457 e. The Labute approximate surface area is 233 Å². The first-order valence-corrected chi connectivity index (χ1v) is 12.0. The van der Waals surface area contributed by atoms with Gasteiger partial charge in [0.2, 0.25) is 0 Å². The number of nitrogens with one attached hydrogen (secondary N) is 1. The number of aryl methyl sites for hydroxylation is 1. The van der Waals surface area contributed by atoms with Crippen LogP contribution in [0, 0.1) is 22.9 Å². The molecule has 0 fully saturated rings. The number of alkyl halides is 3. The lowest BCUT2D eigenvalue weighted by atomic mass is 10.1. The van der Waals surface area contributed by atoms with Crippen molar-refractivity contribution in [2.75, 3.05) is 5.32 Å². The van der Waals surface area contributed by atoms with Gasteiger partial charge in [-0.05, 0) is 61.0 Å². The van der Waals surface area contributed by atoms with E-state index < -0.39 is 39.9 Å². The summed E-state index contributed by atoms with van der Waals surface area (Å²) < 4.78 is 61.2. The zero-order chi connectivity index (χ0) is 29.5. The highest BCUT2D eigenvalue weighted by atomic mass is 35.5. The lowest BCUT2D eigenvalue weighted by Crippen LogP contribution is -2.16. The molecule has 41 heavy (non-hydrogen) atoms. The summed E-state index contributed by atoms with van der Waals surface area (Å²) in [5.41, 5.74) is -1.70. The Balaban J connectivity index is 1.50. The molecule has 0 aliphatic rings. The molecule has 208 valence electrons. The van der Waals surface area contributed by atoms with Crippen molar-refractivity contribution in [1.29, 1.82) is 0 Å². The monoisotopic (exact) mass is 585 g/mol. The van der Waals surface area contributed by atoms with Crippen molar-refractivity contribution >= 4 is 34.5 Å². The van der Waals surface area contributed by atoms with E-state index in [0.717, 1.165) is 36.4 Å². The third-order valence-corrected chi connectivity index (χ3v) is 6.05. The Bertz CT molecular complexity index is 1820. The molecule has 9 nitrogen and oxygen atoms in total. The Morgan fingerprint density at radius 1 is 1.05 bits per heavy atom. The first kappa shape index (κ1) is 27.5. The first-order valence-electron chi connectivity index (χ1n) is 11.7. The van der Waals surface area contributed by atoms with Crippen LogP contribution in [-0.4, -0.2) is 25.4 Å². The summed E-state index contributed by atoms with van der Waals surface area (Å²) in [7, 11) is 0. The Hall–Kier alpha value is -5.04. The van der Waals surface area contributed by atoms with Crippen LogP contribution in [0.5, 0.6) is 11.5 Å². The van der Waals surface area contributed by atoms with Crippen LogP contribution in [0.2, 0.25) is 5.02 Å². The molecular weight excluding hydrogens is 570 g/mol. The predicted molar refractivity (Wildman–Crippen MR) is 141 cm³/mol. The number of carbonyl (C=O) groups excluding carboxylic acids is 1. The van der Waals surface area contributed by atoms with E-state index >= 15 is 0 Å². The number of nitro benzene ring substituents is 1. The first-order chi connectivity index (χ1) is 19.4. The molecule has 0 aliphatic carbocycles. The maximum Gasteiger partial charge on any atom is 0.433 e. The van der Waals surface area contributed by atoms with Gasteiger partial charge in [-0.25, -0.2) is 13.9 Å². The van der Waals surface area contributed by atoms with Crippen LogP contribution >= 0.6 is 11.6 Å². The molecule has 14 heteroatoms. The minimum Gasteiger partial charge on any atom is -0.457 e. The van der Waals surface area contributed by atoms with Crippen molar-refractivity contribution in [3.8, 4) is 22.8 Å². The van der Waals surface area contributed by atoms with E-state index in [0.29, 0.717) is 20.9 Å². The average molecular weight is 586 g/mol. The van der Waals surface area contributed by atoms with Gasteiger partial charge in [-0.1, -0.05) is 11.6 Å². The van der Waals surface area contributed by atoms with Crippen LogP contribution in [0.25, 0.3) is 16.9 Å². The number of non-ortho nitro benzene ring substituents is 1. The van der Waals surface area contributed by atoms with Crippen LogP contribution in [0.3, 0.4) is 0 Å². The summed E-state index contributed by atoms with van der Waals surface area (Å²) >= 11 is 5.96. The number of nitrogens with zero attached hydrogens (tertiary/aromatic N) is 4. The highest BCUT2D eigenvalue weighted by molar-refractivity contribution is 6.30. The molecule has 0 spiro atoms. The van der Waals surface area contributed by atoms with Gasteiger partial charge in [0.05, 0.1) is 22.4 Å². The minimum atomic E-state index is -4.87. The van der Waals surface area contributed by atoms with Gasteiger partial charge in [-0.2, -0.15) is 18.3 Å². The molecule has 2 aromatic heterocycles.